The summed E-state index contributed by atoms with van der Waals surface area (Å²) < 4.78 is 18.0. The van der Waals surface area contributed by atoms with E-state index in [1.165, 1.54) is 42.5 Å². The van der Waals surface area contributed by atoms with Crippen LogP contribution in [0.5, 0.6) is 0 Å². The standard InChI is InChI=1S/C17H15FN2O5S/c1-11(26-15-7-5-14(6-8-15)20(23)24)17(22)25-10-16(21)19-13-4-2-3-12(18)9-13/h2-9,11H,10H2,1H3,(H,19,21). The molecule has 0 aliphatic carbocycles. The number of non-ortho nitro benzene ring substituents is 1. The van der Waals surface area contributed by atoms with Gasteiger partial charge in [-0.1, -0.05) is 6.07 Å². The van der Waals surface area contributed by atoms with Crippen LogP contribution in [0.3, 0.4) is 0 Å². The van der Waals surface area contributed by atoms with Gasteiger partial charge < -0.3 is 10.1 Å². The van der Waals surface area contributed by atoms with Gasteiger partial charge in [0.05, 0.1) is 4.92 Å². The van der Waals surface area contributed by atoms with Gasteiger partial charge in [-0.25, -0.2) is 4.39 Å². The van der Waals surface area contributed by atoms with Crippen molar-refractivity contribution in [1.82, 2.24) is 0 Å². The first-order valence-corrected chi connectivity index (χ1v) is 8.36. The smallest absolute Gasteiger partial charge is 0.319 e. The zero-order valence-electron chi connectivity index (χ0n) is 13.7. The molecular formula is C17H15FN2O5S. The Balaban J connectivity index is 1.81. The molecule has 1 unspecified atom stereocenters. The lowest BCUT2D eigenvalue weighted by Gasteiger charge is -2.11. The van der Waals surface area contributed by atoms with Crippen LogP contribution in [0.2, 0.25) is 0 Å². The second kappa shape index (κ2) is 8.95. The molecule has 0 aromatic heterocycles. The van der Waals surface area contributed by atoms with E-state index in [0.717, 1.165) is 17.8 Å². The normalized spacial score (nSPS) is 11.5. The third kappa shape index (κ3) is 5.85. The Hall–Kier alpha value is -2.94. The van der Waals surface area contributed by atoms with Gasteiger partial charge in [-0.05, 0) is 37.3 Å². The molecular weight excluding hydrogens is 363 g/mol. The lowest BCUT2D eigenvalue weighted by atomic mass is 10.3. The van der Waals surface area contributed by atoms with Crippen LogP contribution in [0.1, 0.15) is 6.92 Å². The molecule has 0 radical (unpaired) electrons. The molecule has 1 N–H and O–H groups in total. The molecule has 0 fully saturated rings. The Kier molecular flexibility index (Phi) is 6.67. The van der Waals surface area contributed by atoms with Crippen molar-refractivity contribution in [3.63, 3.8) is 0 Å². The van der Waals surface area contributed by atoms with Gasteiger partial charge >= 0.3 is 5.97 Å². The molecule has 0 heterocycles. The molecule has 0 aliphatic heterocycles. The molecule has 0 spiro atoms. The number of esters is 1. The van der Waals surface area contributed by atoms with Gasteiger partial charge in [0.1, 0.15) is 11.1 Å². The summed E-state index contributed by atoms with van der Waals surface area (Å²) in [5, 5.41) is 12.4. The van der Waals surface area contributed by atoms with Gasteiger partial charge in [-0.15, -0.1) is 11.8 Å². The molecule has 2 rings (SSSR count). The number of carbonyl (C=O) groups excluding carboxylic acids is 2. The molecule has 0 saturated carbocycles. The Labute approximate surface area is 152 Å². The molecule has 136 valence electrons. The molecule has 0 saturated heterocycles. The van der Waals surface area contributed by atoms with Crippen LogP contribution in [0.15, 0.2) is 53.4 Å². The number of ether oxygens (including phenoxy) is 1. The van der Waals surface area contributed by atoms with Crippen molar-refractivity contribution in [1.29, 1.82) is 0 Å². The zero-order valence-corrected chi connectivity index (χ0v) is 14.5. The van der Waals surface area contributed by atoms with Crippen molar-refractivity contribution < 1.29 is 23.6 Å². The minimum Gasteiger partial charge on any atom is -0.455 e. The van der Waals surface area contributed by atoms with Crippen molar-refractivity contribution in [2.45, 2.75) is 17.1 Å². The third-order valence-electron chi connectivity index (χ3n) is 3.15. The molecule has 2 aromatic carbocycles. The number of benzene rings is 2. The molecule has 7 nitrogen and oxygen atoms in total. The maximum atomic E-state index is 13.0. The van der Waals surface area contributed by atoms with Crippen LogP contribution in [0, 0.1) is 15.9 Å². The molecule has 0 aliphatic rings. The summed E-state index contributed by atoms with van der Waals surface area (Å²) in [7, 11) is 0. The lowest BCUT2D eigenvalue weighted by Crippen LogP contribution is -2.24. The average Bonchev–Trinajstić information content (AvgIpc) is 2.60. The second-order valence-corrected chi connectivity index (χ2v) is 6.59. The zero-order chi connectivity index (χ0) is 19.1. The van der Waals surface area contributed by atoms with E-state index in [4.69, 9.17) is 4.74 Å². The first-order chi connectivity index (χ1) is 12.3. The number of rotatable bonds is 7. The van der Waals surface area contributed by atoms with E-state index in [1.807, 2.05) is 0 Å². The number of nitrogens with one attached hydrogen (secondary N) is 1. The predicted molar refractivity (Wildman–Crippen MR) is 94.4 cm³/mol. The Bertz CT molecular complexity index is 813. The predicted octanol–water partition coefficient (Wildman–Crippen LogP) is 3.40. The fraction of sp³-hybridized carbons (Fsp3) is 0.176. The first kappa shape index (κ1) is 19.4. The molecule has 26 heavy (non-hydrogen) atoms. The highest BCUT2D eigenvalue weighted by atomic mass is 32.2. The van der Waals surface area contributed by atoms with Gasteiger partial charge in [0.15, 0.2) is 6.61 Å². The summed E-state index contributed by atoms with van der Waals surface area (Å²) in [6, 6.07) is 11.1. The molecule has 1 atom stereocenters. The topological polar surface area (TPSA) is 98.5 Å². The number of thioether (sulfide) groups is 1. The fourth-order valence-electron chi connectivity index (χ4n) is 1.92. The van der Waals surface area contributed by atoms with Crippen molar-refractivity contribution in [2.75, 3.05) is 11.9 Å². The van der Waals surface area contributed by atoms with Crippen LogP contribution < -0.4 is 5.32 Å². The highest BCUT2D eigenvalue weighted by molar-refractivity contribution is 8.00. The number of halogens is 1. The number of anilines is 1. The fourth-order valence-corrected chi connectivity index (χ4v) is 2.78. The Morgan fingerprint density at radius 3 is 2.58 bits per heavy atom. The molecule has 9 heteroatoms. The summed E-state index contributed by atoms with van der Waals surface area (Å²) in [5.41, 5.74) is 0.220. The third-order valence-corrected chi connectivity index (χ3v) is 4.24. The highest BCUT2D eigenvalue weighted by Gasteiger charge is 2.18. The van der Waals surface area contributed by atoms with E-state index in [9.17, 15) is 24.1 Å². The van der Waals surface area contributed by atoms with E-state index in [-0.39, 0.29) is 11.4 Å². The number of hydrogen-bond acceptors (Lipinski definition) is 6. The summed E-state index contributed by atoms with van der Waals surface area (Å²) in [6.45, 7) is 1.10. The second-order valence-electron chi connectivity index (χ2n) is 5.18. The van der Waals surface area contributed by atoms with Gasteiger partial charge in [0, 0.05) is 22.7 Å². The molecule has 0 bridgehead atoms. The van der Waals surface area contributed by atoms with E-state index in [1.54, 1.807) is 6.92 Å². The van der Waals surface area contributed by atoms with Crippen LogP contribution >= 0.6 is 11.8 Å². The summed E-state index contributed by atoms with van der Waals surface area (Å²) >= 11 is 1.15. The quantitative estimate of drug-likeness (QED) is 0.343. The van der Waals surface area contributed by atoms with E-state index >= 15 is 0 Å². The van der Waals surface area contributed by atoms with Crippen molar-refractivity contribution >= 4 is 35.0 Å². The SMILES string of the molecule is CC(Sc1ccc([N+](=O)[O-])cc1)C(=O)OCC(=O)Nc1cccc(F)c1. The highest BCUT2D eigenvalue weighted by Crippen LogP contribution is 2.26. The number of carbonyl (C=O) groups is 2. The van der Waals surface area contributed by atoms with Crippen molar-refractivity contribution in [3.05, 3.63) is 64.5 Å². The van der Waals surface area contributed by atoms with Gasteiger partial charge in [-0.2, -0.15) is 0 Å². The minimum absolute atomic E-state index is 0.0430. The Morgan fingerprint density at radius 2 is 1.96 bits per heavy atom. The van der Waals surface area contributed by atoms with Gasteiger partial charge in [0.2, 0.25) is 0 Å². The number of nitro groups is 1. The monoisotopic (exact) mass is 378 g/mol. The number of nitro benzene ring substituents is 1. The van der Waals surface area contributed by atoms with E-state index in [2.05, 4.69) is 5.32 Å². The van der Waals surface area contributed by atoms with E-state index in [0.29, 0.717) is 4.90 Å². The van der Waals surface area contributed by atoms with Crippen LogP contribution in [-0.2, 0) is 14.3 Å². The van der Waals surface area contributed by atoms with Crippen molar-refractivity contribution in [3.8, 4) is 0 Å². The summed E-state index contributed by atoms with van der Waals surface area (Å²) in [4.78, 5) is 34.4. The molecule has 2 aromatic rings. The maximum absolute atomic E-state index is 13.0. The lowest BCUT2D eigenvalue weighted by molar-refractivity contribution is -0.384. The molecule has 1 amide bonds. The number of hydrogen-bond donors (Lipinski definition) is 1. The number of nitrogens with zero attached hydrogens (tertiary/aromatic N) is 1. The first-order valence-electron chi connectivity index (χ1n) is 7.48. The largest absolute Gasteiger partial charge is 0.455 e. The van der Waals surface area contributed by atoms with Gasteiger partial charge in [-0.3, -0.25) is 19.7 Å². The average molecular weight is 378 g/mol. The maximum Gasteiger partial charge on any atom is 0.319 e. The summed E-state index contributed by atoms with van der Waals surface area (Å²) in [5.74, 6) is -1.69. The van der Waals surface area contributed by atoms with Crippen LogP contribution in [0.4, 0.5) is 15.8 Å². The Morgan fingerprint density at radius 1 is 1.27 bits per heavy atom. The van der Waals surface area contributed by atoms with Crippen LogP contribution in [0.25, 0.3) is 0 Å². The van der Waals surface area contributed by atoms with Crippen molar-refractivity contribution in [2.24, 2.45) is 0 Å². The minimum atomic E-state index is -0.613. The number of amides is 1. The van der Waals surface area contributed by atoms with Crippen LogP contribution in [-0.4, -0.2) is 28.7 Å². The summed E-state index contributed by atoms with van der Waals surface area (Å²) in [6.07, 6.45) is 0. The van der Waals surface area contributed by atoms with E-state index < -0.39 is 34.5 Å². The van der Waals surface area contributed by atoms with Gasteiger partial charge in [0.25, 0.3) is 11.6 Å².